The smallest absolute Gasteiger partial charge is 0.309 e. The van der Waals surface area contributed by atoms with Gasteiger partial charge in [0.15, 0.2) is 0 Å². The Balaban J connectivity index is 2.05. The molecule has 2 atom stereocenters. The van der Waals surface area contributed by atoms with Crippen molar-refractivity contribution in [2.24, 2.45) is 17.3 Å². The van der Waals surface area contributed by atoms with Gasteiger partial charge in [-0.15, -0.1) is 0 Å². The molecule has 0 aromatic rings. The lowest BCUT2D eigenvalue weighted by atomic mass is 9.72. The van der Waals surface area contributed by atoms with Gasteiger partial charge in [0.1, 0.15) is 0 Å². The van der Waals surface area contributed by atoms with Crippen molar-refractivity contribution >= 4 is 11.9 Å². The fraction of sp³-hybridized carbons (Fsp3) is 0.833. The van der Waals surface area contributed by atoms with Crippen LogP contribution in [0.25, 0.3) is 0 Å². The molecule has 0 unspecified atom stereocenters. The number of carbonyl (C=O) groups excluding carboxylic acids is 1. The molecule has 2 aliphatic carbocycles. The van der Waals surface area contributed by atoms with Crippen molar-refractivity contribution in [2.75, 3.05) is 6.61 Å². The normalized spacial score (nSPS) is 31.1. The quantitative estimate of drug-likeness (QED) is 0.746. The van der Waals surface area contributed by atoms with Gasteiger partial charge in [-0.2, -0.15) is 0 Å². The maximum Gasteiger partial charge on any atom is 0.309 e. The lowest BCUT2D eigenvalue weighted by Gasteiger charge is -2.32. The Hall–Kier alpha value is -1.06. The predicted molar refractivity (Wildman–Crippen MR) is 56.8 cm³/mol. The minimum absolute atomic E-state index is 0.256. The SMILES string of the molecule is CCOC(=O)[C@H]1CCC2(CC2)C[C@@H]1C(=O)O. The summed E-state index contributed by atoms with van der Waals surface area (Å²) in [6.07, 6.45) is 4.58. The summed E-state index contributed by atoms with van der Waals surface area (Å²) in [5.41, 5.74) is 0.256. The van der Waals surface area contributed by atoms with Crippen molar-refractivity contribution in [2.45, 2.75) is 39.0 Å². The summed E-state index contributed by atoms with van der Waals surface area (Å²) in [5, 5.41) is 9.18. The monoisotopic (exact) mass is 226 g/mol. The van der Waals surface area contributed by atoms with Gasteiger partial charge in [0.2, 0.25) is 0 Å². The lowest BCUT2D eigenvalue weighted by molar-refractivity contribution is -0.160. The second kappa shape index (κ2) is 4.07. The molecule has 4 nitrogen and oxygen atoms in total. The Bertz CT molecular complexity index is 306. The minimum atomic E-state index is -0.843. The summed E-state index contributed by atoms with van der Waals surface area (Å²) in [5.74, 6) is -2.13. The molecule has 16 heavy (non-hydrogen) atoms. The third-order valence-corrected chi connectivity index (χ3v) is 3.99. The maximum absolute atomic E-state index is 11.7. The van der Waals surface area contributed by atoms with Crippen molar-refractivity contribution in [3.8, 4) is 0 Å². The summed E-state index contributed by atoms with van der Waals surface area (Å²) in [6.45, 7) is 2.08. The van der Waals surface area contributed by atoms with E-state index in [1.165, 1.54) is 0 Å². The molecule has 0 aliphatic heterocycles. The lowest BCUT2D eigenvalue weighted by Crippen LogP contribution is -2.37. The fourth-order valence-electron chi connectivity index (χ4n) is 2.80. The molecule has 0 amide bonds. The third kappa shape index (κ3) is 2.06. The van der Waals surface area contributed by atoms with E-state index in [-0.39, 0.29) is 11.4 Å². The molecular weight excluding hydrogens is 208 g/mol. The largest absolute Gasteiger partial charge is 0.481 e. The molecule has 2 fully saturated rings. The van der Waals surface area contributed by atoms with E-state index in [9.17, 15) is 14.7 Å². The molecule has 2 saturated carbocycles. The fourth-order valence-corrected chi connectivity index (χ4v) is 2.80. The Labute approximate surface area is 95.0 Å². The van der Waals surface area contributed by atoms with E-state index in [1.54, 1.807) is 6.92 Å². The van der Waals surface area contributed by atoms with Gasteiger partial charge in [0.05, 0.1) is 18.4 Å². The van der Waals surface area contributed by atoms with Crippen molar-refractivity contribution in [1.29, 1.82) is 0 Å². The number of carboxylic acids is 1. The first-order valence-electron chi connectivity index (χ1n) is 5.97. The first-order chi connectivity index (χ1) is 7.58. The molecule has 4 heteroatoms. The molecule has 2 rings (SSSR count). The molecular formula is C12H18O4. The number of carbonyl (C=O) groups is 2. The number of aliphatic carboxylic acids is 1. The molecule has 0 aromatic heterocycles. The molecule has 0 bridgehead atoms. The van der Waals surface area contributed by atoms with Crippen LogP contribution < -0.4 is 0 Å². The van der Waals surface area contributed by atoms with Crippen LogP contribution >= 0.6 is 0 Å². The second-order valence-corrected chi connectivity index (χ2v) is 5.05. The standard InChI is InChI=1S/C12H18O4/c1-2-16-11(15)8-3-4-12(5-6-12)7-9(8)10(13)14/h8-9H,2-7H2,1H3,(H,13,14)/t8-,9-/m0/s1. The van der Waals surface area contributed by atoms with Gasteiger partial charge in [-0.3, -0.25) is 9.59 Å². The molecule has 2 aliphatic rings. The van der Waals surface area contributed by atoms with Crippen LogP contribution in [0.15, 0.2) is 0 Å². The molecule has 1 spiro atoms. The predicted octanol–water partition coefficient (Wildman–Crippen LogP) is 1.83. The van der Waals surface area contributed by atoms with Gasteiger partial charge >= 0.3 is 11.9 Å². The van der Waals surface area contributed by atoms with E-state index < -0.39 is 17.8 Å². The van der Waals surface area contributed by atoms with Gasteiger partial charge in [0, 0.05) is 0 Å². The molecule has 90 valence electrons. The Morgan fingerprint density at radius 2 is 2.00 bits per heavy atom. The van der Waals surface area contributed by atoms with Gasteiger partial charge in [-0.25, -0.2) is 0 Å². The zero-order valence-electron chi connectivity index (χ0n) is 9.57. The van der Waals surface area contributed by atoms with Crippen molar-refractivity contribution < 1.29 is 19.4 Å². The van der Waals surface area contributed by atoms with Crippen LogP contribution in [0, 0.1) is 17.3 Å². The van der Waals surface area contributed by atoms with Crippen LogP contribution in [0.4, 0.5) is 0 Å². The van der Waals surface area contributed by atoms with Crippen molar-refractivity contribution in [3.63, 3.8) is 0 Å². The maximum atomic E-state index is 11.7. The van der Waals surface area contributed by atoms with E-state index in [4.69, 9.17) is 4.74 Å². The van der Waals surface area contributed by atoms with E-state index in [1.807, 2.05) is 0 Å². The van der Waals surface area contributed by atoms with E-state index in [0.29, 0.717) is 19.4 Å². The summed E-state index contributed by atoms with van der Waals surface area (Å²) in [6, 6.07) is 0. The topological polar surface area (TPSA) is 63.6 Å². The Morgan fingerprint density at radius 1 is 1.31 bits per heavy atom. The second-order valence-electron chi connectivity index (χ2n) is 5.05. The van der Waals surface area contributed by atoms with Crippen LogP contribution in [0.1, 0.15) is 39.0 Å². The molecule has 0 aromatic carbocycles. The zero-order chi connectivity index (χ0) is 11.8. The molecule has 1 N–H and O–H groups in total. The minimum Gasteiger partial charge on any atom is -0.481 e. The highest BCUT2D eigenvalue weighted by molar-refractivity contribution is 5.81. The van der Waals surface area contributed by atoms with Gasteiger partial charge in [-0.1, -0.05) is 0 Å². The van der Waals surface area contributed by atoms with Crippen LogP contribution in [0.3, 0.4) is 0 Å². The van der Waals surface area contributed by atoms with Crippen molar-refractivity contribution in [1.82, 2.24) is 0 Å². The first kappa shape index (κ1) is 11.4. The van der Waals surface area contributed by atoms with Gasteiger partial charge in [0.25, 0.3) is 0 Å². The van der Waals surface area contributed by atoms with E-state index in [0.717, 1.165) is 19.3 Å². The van der Waals surface area contributed by atoms with E-state index in [2.05, 4.69) is 0 Å². The van der Waals surface area contributed by atoms with Gasteiger partial charge < -0.3 is 9.84 Å². The van der Waals surface area contributed by atoms with Crippen LogP contribution in [0.2, 0.25) is 0 Å². The molecule has 0 saturated heterocycles. The van der Waals surface area contributed by atoms with Gasteiger partial charge in [-0.05, 0) is 44.4 Å². The third-order valence-electron chi connectivity index (χ3n) is 3.99. The average molecular weight is 226 g/mol. The number of esters is 1. The molecule has 0 heterocycles. The summed E-state index contributed by atoms with van der Waals surface area (Å²) in [7, 11) is 0. The Morgan fingerprint density at radius 3 is 2.50 bits per heavy atom. The summed E-state index contributed by atoms with van der Waals surface area (Å²) in [4.78, 5) is 22.8. The number of hydrogen-bond acceptors (Lipinski definition) is 3. The summed E-state index contributed by atoms with van der Waals surface area (Å²) < 4.78 is 4.95. The van der Waals surface area contributed by atoms with Crippen molar-refractivity contribution in [3.05, 3.63) is 0 Å². The number of rotatable bonds is 3. The summed E-state index contributed by atoms with van der Waals surface area (Å²) >= 11 is 0. The van der Waals surface area contributed by atoms with Crippen LogP contribution in [-0.4, -0.2) is 23.7 Å². The number of ether oxygens (including phenoxy) is 1. The highest BCUT2D eigenvalue weighted by atomic mass is 16.5. The Kier molecular flexibility index (Phi) is 2.91. The first-order valence-corrected chi connectivity index (χ1v) is 5.97. The van der Waals surface area contributed by atoms with E-state index >= 15 is 0 Å². The highest BCUT2D eigenvalue weighted by Crippen LogP contribution is 2.58. The van der Waals surface area contributed by atoms with Crippen LogP contribution in [0.5, 0.6) is 0 Å². The number of hydrogen-bond donors (Lipinski definition) is 1. The number of carboxylic acid groups (broad SMARTS) is 1. The highest BCUT2D eigenvalue weighted by Gasteiger charge is 2.52. The zero-order valence-corrected chi connectivity index (χ0v) is 9.57. The van der Waals surface area contributed by atoms with Crippen LogP contribution in [-0.2, 0) is 14.3 Å². The average Bonchev–Trinajstić information content (AvgIpc) is 2.98. The molecule has 0 radical (unpaired) electrons.